The van der Waals surface area contributed by atoms with Crippen molar-refractivity contribution in [2.45, 2.75) is 13.3 Å². The zero-order chi connectivity index (χ0) is 12.3. The predicted molar refractivity (Wildman–Crippen MR) is 61.9 cm³/mol. The third kappa shape index (κ3) is 3.34. The van der Waals surface area contributed by atoms with Crippen LogP contribution in [0.25, 0.3) is 0 Å². The lowest BCUT2D eigenvalue weighted by Gasteiger charge is -2.31. The van der Waals surface area contributed by atoms with Gasteiger partial charge in [0.2, 0.25) is 5.78 Å². The summed E-state index contributed by atoms with van der Waals surface area (Å²) in [4.78, 5) is 19.7. The second-order valence-corrected chi connectivity index (χ2v) is 4.47. The number of aromatic nitrogens is 2. The lowest BCUT2D eigenvalue weighted by atomic mass is 10.3. The molecule has 1 fully saturated rings. The first-order valence-electron chi connectivity index (χ1n) is 5.89. The Labute approximate surface area is 101 Å². The van der Waals surface area contributed by atoms with E-state index in [1.54, 1.807) is 0 Å². The number of carbonyl (C=O) groups excluding carboxylic acids is 1. The second-order valence-electron chi connectivity index (χ2n) is 4.47. The Hall–Kier alpha value is -1.27. The standard InChI is InChI=1S/C11H18N4O2/c1-9(16)11-12-10(13-17-11)3-4-15-7-5-14(2)6-8-15/h3-8H2,1-2H3. The van der Waals surface area contributed by atoms with E-state index in [4.69, 9.17) is 4.52 Å². The predicted octanol–water partition coefficient (Wildman–Crippen LogP) is 0.0621. The van der Waals surface area contributed by atoms with Crippen molar-refractivity contribution in [3.63, 3.8) is 0 Å². The molecule has 0 aliphatic carbocycles. The fraction of sp³-hybridized carbons (Fsp3) is 0.727. The molecule has 1 aromatic rings. The quantitative estimate of drug-likeness (QED) is 0.691. The van der Waals surface area contributed by atoms with Gasteiger partial charge in [-0.05, 0) is 7.05 Å². The van der Waals surface area contributed by atoms with Crippen LogP contribution in [-0.2, 0) is 6.42 Å². The maximum Gasteiger partial charge on any atom is 0.293 e. The Morgan fingerprint density at radius 3 is 2.65 bits per heavy atom. The van der Waals surface area contributed by atoms with Crippen molar-refractivity contribution >= 4 is 5.78 Å². The number of ketones is 1. The van der Waals surface area contributed by atoms with Gasteiger partial charge in [0.05, 0.1) is 0 Å². The average Bonchev–Trinajstić information content (AvgIpc) is 2.77. The number of nitrogens with zero attached hydrogens (tertiary/aromatic N) is 4. The van der Waals surface area contributed by atoms with Crippen molar-refractivity contribution in [3.8, 4) is 0 Å². The van der Waals surface area contributed by atoms with Crippen LogP contribution in [0.1, 0.15) is 23.4 Å². The Kier molecular flexibility index (Phi) is 3.86. The first-order chi connectivity index (χ1) is 8.15. The largest absolute Gasteiger partial charge is 0.331 e. The molecule has 0 radical (unpaired) electrons. The highest BCUT2D eigenvalue weighted by Gasteiger charge is 2.15. The molecular formula is C11H18N4O2. The molecular weight excluding hydrogens is 220 g/mol. The van der Waals surface area contributed by atoms with Crippen LogP contribution in [0.4, 0.5) is 0 Å². The molecule has 0 bridgehead atoms. The molecule has 0 amide bonds. The normalized spacial score (nSPS) is 18.5. The molecule has 17 heavy (non-hydrogen) atoms. The molecule has 2 heterocycles. The summed E-state index contributed by atoms with van der Waals surface area (Å²) in [6, 6.07) is 0. The highest BCUT2D eigenvalue weighted by atomic mass is 16.5. The summed E-state index contributed by atoms with van der Waals surface area (Å²) in [7, 11) is 2.13. The van der Waals surface area contributed by atoms with Crippen molar-refractivity contribution in [2.24, 2.45) is 0 Å². The summed E-state index contributed by atoms with van der Waals surface area (Å²) < 4.78 is 4.85. The van der Waals surface area contributed by atoms with Gasteiger partial charge in [0.25, 0.3) is 5.89 Å². The Morgan fingerprint density at radius 1 is 1.35 bits per heavy atom. The second kappa shape index (κ2) is 5.37. The third-order valence-corrected chi connectivity index (χ3v) is 3.02. The van der Waals surface area contributed by atoms with E-state index in [0.717, 1.165) is 39.1 Å². The molecule has 94 valence electrons. The number of piperazine rings is 1. The van der Waals surface area contributed by atoms with Crippen LogP contribution < -0.4 is 0 Å². The number of hydrogen-bond acceptors (Lipinski definition) is 6. The Bertz CT molecular complexity index is 383. The van der Waals surface area contributed by atoms with E-state index in [9.17, 15) is 4.79 Å². The summed E-state index contributed by atoms with van der Waals surface area (Å²) >= 11 is 0. The van der Waals surface area contributed by atoms with Crippen LogP contribution in [0.15, 0.2) is 4.52 Å². The van der Waals surface area contributed by atoms with Gasteiger partial charge in [0, 0.05) is 46.1 Å². The fourth-order valence-electron chi connectivity index (χ4n) is 1.83. The molecule has 0 aromatic carbocycles. The smallest absolute Gasteiger partial charge is 0.293 e. The van der Waals surface area contributed by atoms with Gasteiger partial charge in [-0.2, -0.15) is 4.98 Å². The first kappa shape index (κ1) is 12.2. The van der Waals surface area contributed by atoms with Gasteiger partial charge in [-0.25, -0.2) is 0 Å². The number of Topliss-reactive ketones (excluding diaryl/α,β-unsaturated/α-hetero) is 1. The Balaban J connectivity index is 1.79. The third-order valence-electron chi connectivity index (χ3n) is 3.02. The maximum absolute atomic E-state index is 11.0. The molecule has 0 saturated carbocycles. The van der Waals surface area contributed by atoms with Gasteiger partial charge in [-0.3, -0.25) is 4.79 Å². The van der Waals surface area contributed by atoms with Gasteiger partial charge >= 0.3 is 0 Å². The van der Waals surface area contributed by atoms with E-state index in [-0.39, 0.29) is 11.7 Å². The van der Waals surface area contributed by atoms with Gasteiger partial charge < -0.3 is 14.3 Å². The molecule has 6 heteroatoms. The summed E-state index contributed by atoms with van der Waals surface area (Å²) in [5, 5.41) is 3.79. The van der Waals surface area contributed by atoms with E-state index in [1.807, 2.05) is 0 Å². The molecule has 1 aromatic heterocycles. The fourth-order valence-corrected chi connectivity index (χ4v) is 1.83. The first-order valence-corrected chi connectivity index (χ1v) is 5.89. The van der Waals surface area contributed by atoms with Crippen molar-refractivity contribution in [1.29, 1.82) is 0 Å². The molecule has 1 saturated heterocycles. The van der Waals surface area contributed by atoms with E-state index in [1.165, 1.54) is 6.92 Å². The average molecular weight is 238 g/mol. The Morgan fingerprint density at radius 2 is 2.06 bits per heavy atom. The van der Waals surface area contributed by atoms with Gasteiger partial charge in [-0.1, -0.05) is 5.16 Å². The summed E-state index contributed by atoms with van der Waals surface area (Å²) in [6.45, 7) is 6.71. The molecule has 0 unspecified atom stereocenters. The summed E-state index contributed by atoms with van der Waals surface area (Å²) in [5.41, 5.74) is 0. The monoisotopic (exact) mass is 238 g/mol. The van der Waals surface area contributed by atoms with Gasteiger partial charge in [0.1, 0.15) is 0 Å². The van der Waals surface area contributed by atoms with E-state index in [2.05, 4.69) is 27.0 Å². The minimum Gasteiger partial charge on any atom is -0.331 e. The number of rotatable bonds is 4. The van der Waals surface area contributed by atoms with Crippen molar-refractivity contribution in [2.75, 3.05) is 39.8 Å². The van der Waals surface area contributed by atoms with Crippen molar-refractivity contribution in [1.82, 2.24) is 19.9 Å². The molecule has 6 nitrogen and oxygen atoms in total. The zero-order valence-corrected chi connectivity index (χ0v) is 10.3. The van der Waals surface area contributed by atoms with Crippen LogP contribution in [0.5, 0.6) is 0 Å². The molecule has 1 aliphatic heterocycles. The molecule has 2 rings (SSSR count). The molecule has 0 atom stereocenters. The number of likely N-dealkylation sites (N-methyl/N-ethyl adjacent to an activating group) is 1. The molecule has 1 aliphatic rings. The van der Waals surface area contributed by atoms with Gasteiger partial charge in [0.15, 0.2) is 5.82 Å². The van der Waals surface area contributed by atoms with Crippen LogP contribution >= 0.6 is 0 Å². The lowest BCUT2D eigenvalue weighted by molar-refractivity contribution is 0.0972. The molecule has 0 spiro atoms. The van der Waals surface area contributed by atoms with Crippen LogP contribution in [0.2, 0.25) is 0 Å². The van der Waals surface area contributed by atoms with E-state index in [0.29, 0.717) is 5.82 Å². The van der Waals surface area contributed by atoms with E-state index < -0.39 is 0 Å². The summed E-state index contributed by atoms with van der Waals surface area (Å²) in [6.07, 6.45) is 0.737. The highest BCUT2D eigenvalue weighted by Crippen LogP contribution is 2.03. The summed E-state index contributed by atoms with van der Waals surface area (Å²) in [5.74, 6) is 0.552. The topological polar surface area (TPSA) is 62.5 Å². The highest BCUT2D eigenvalue weighted by molar-refractivity contribution is 5.89. The minimum absolute atomic E-state index is 0.110. The zero-order valence-electron chi connectivity index (χ0n) is 10.3. The van der Waals surface area contributed by atoms with Crippen molar-refractivity contribution in [3.05, 3.63) is 11.7 Å². The lowest BCUT2D eigenvalue weighted by Crippen LogP contribution is -2.45. The SMILES string of the molecule is CC(=O)c1nc(CCN2CCN(C)CC2)no1. The minimum atomic E-state index is -0.177. The molecule has 0 N–H and O–H groups in total. The van der Waals surface area contributed by atoms with Crippen molar-refractivity contribution < 1.29 is 9.32 Å². The number of hydrogen-bond donors (Lipinski definition) is 0. The van der Waals surface area contributed by atoms with E-state index >= 15 is 0 Å². The van der Waals surface area contributed by atoms with Gasteiger partial charge in [-0.15, -0.1) is 0 Å². The van der Waals surface area contributed by atoms with Crippen LogP contribution in [0, 0.1) is 0 Å². The van der Waals surface area contributed by atoms with Crippen LogP contribution in [-0.4, -0.2) is 65.5 Å². The number of carbonyl (C=O) groups is 1. The maximum atomic E-state index is 11.0. The van der Waals surface area contributed by atoms with Crippen LogP contribution in [0.3, 0.4) is 0 Å².